The first-order chi connectivity index (χ1) is 14.7. The minimum absolute atomic E-state index is 0.0764. The number of sulfonamides is 1. The zero-order valence-corrected chi connectivity index (χ0v) is 19.2. The summed E-state index contributed by atoms with van der Waals surface area (Å²) in [7, 11) is -3.72. The number of aryl methyl sites for hydroxylation is 2. The van der Waals surface area contributed by atoms with Crippen LogP contribution >= 0.6 is 11.3 Å². The molecule has 1 aliphatic rings. The van der Waals surface area contributed by atoms with Crippen LogP contribution in [0.1, 0.15) is 47.9 Å². The summed E-state index contributed by atoms with van der Waals surface area (Å²) in [5.41, 5.74) is 3.02. The molecule has 0 spiro atoms. The van der Waals surface area contributed by atoms with Crippen LogP contribution in [0.4, 0.5) is 0 Å². The van der Waals surface area contributed by atoms with Gasteiger partial charge in [0.1, 0.15) is 10.7 Å². The fourth-order valence-electron chi connectivity index (χ4n) is 3.88. The summed E-state index contributed by atoms with van der Waals surface area (Å²) in [6.45, 7) is 5.73. The number of aromatic nitrogens is 2. The van der Waals surface area contributed by atoms with Crippen molar-refractivity contribution in [1.29, 1.82) is 0 Å². The molecule has 1 N–H and O–H groups in total. The molecular weight excluding hydrogens is 436 g/mol. The molecule has 31 heavy (non-hydrogen) atoms. The van der Waals surface area contributed by atoms with Gasteiger partial charge in [-0.05, 0) is 62.8 Å². The van der Waals surface area contributed by atoms with E-state index in [4.69, 9.17) is 0 Å². The molecule has 4 rings (SSSR count). The Bertz CT molecular complexity index is 1330. The van der Waals surface area contributed by atoms with Crippen molar-refractivity contribution in [1.82, 2.24) is 14.0 Å². The molecule has 1 unspecified atom stereocenters. The third kappa shape index (κ3) is 3.90. The molecule has 1 amide bonds. The van der Waals surface area contributed by atoms with E-state index in [1.165, 1.54) is 27.8 Å². The fourth-order valence-corrected chi connectivity index (χ4v) is 6.41. The Morgan fingerprint density at radius 2 is 2.00 bits per heavy atom. The molecule has 1 aliphatic heterocycles. The lowest BCUT2D eigenvalue weighted by molar-refractivity contribution is 0.101. The summed E-state index contributed by atoms with van der Waals surface area (Å²) < 4.78 is 29.0. The third-order valence-electron chi connectivity index (χ3n) is 5.68. The molecule has 1 aromatic carbocycles. The van der Waals surface area contributed by atoms with E-state index < -0.39 is 15.9 Å². The number of benzene rings is 1. The topological polar surface area (TPSA) is 101 Å². The van der Waals surface area contributed by atoms with Gasteiger partial charge in [-0.3, -0.25) is 15.0 Å². The van der Waals surface area contributed by atoms with Crippen LogP contribution in [0.3, 0.4) is 0 Å². The standard InChI is InChI=1S/C21H24N4O4S2/c1-13-7-8-16(31(28,29)24-10-5-4-6-14(24)2)12-18(13)19(26)23-25-15(3)22-20-17(21(25)27)9-11-30-20/h7-9,11-12,14H,4-6,10H2,1-3H3,(H,23,26). The molecule has 164 valence electrons. The number of hydrogen-bond donors (Lipinski definition) is 1. The molecule has 8 nitrogen and oxygen atoms in total. The largest absolute Gasteiger partial charge is 0.281 e. The van der Waals surface area contributed by atoms with E-state index in [9.17, 15) is 18.0 Å². The summed E-state index contributed by atoms with van der Waals surface area (Å²) in [5.74, 6) is -0.223. The predicted molar refractivity (Wildman–Crippen MR) is 121 cm³/mol. The molecule has 0 aliphatic carbocycles. The van der Waals surface area contributed by atoms with Crippen LogP contribution < -0.4 is 11.0 Å². The van der Waals surface area contributed by atoms with Crippen LogP contribution in [0.25, 0.3) is 10.2 Å². The SMILES string of the molecule is Cc1ccc(S(=O)(=O)N2CCCCC2C)cc1C(=O)Nn1c(C)nc2sccc2c1=O. The number of thiophene rings is 1. The van der Waals surface area contributed by atoms with Crippen molar-refractivity contribution in [2.75, 3.05) is 12.0 Å². The van der Waals surface area contributed by atoms with E-state index in [1.54, 1.807) is 31.4 Å². The van der Waals surface area contributed by atoms with Crippen LogP contribution in [0.15, 0.2) is 39.3 Å². The second-order valence-electron chi connectivity index (χ2n) is 7.82. The number of carbonyl (C=O) groups is 1. The number of nitrogens with zero attached hydrogens (tertiary/aromatic N) is 3. The van der Waals surface area contributed by atoms with E-state index in [0.717, 1.165) is 23.9 Å². The normalized spacial score (nSPS) is 17.7. The number of nitrogens with one attached hydrogen (secondary N) is 1. The van der Waals surface area contributed by atoms with E-state index >= 15 is 0 Å². The highest BCUT2D eigenvalue weighted by atomic mass is 32.2. The van der Waals surface area contributed by atoms with Gasteiger partial charge in [0, 0.05) is 18.2 Å². The minimum atomic E-state index is -3.72. The number of amides is 1. The number of carbonyl (C=O) groups excluding carboxylic acids is 1. The number of hydrogen-bond acceptors (Lipinski definition) is 6. The Kier molecular flexibility index (Phi) is 5.71. The summed E-state index contributed by atoms with van der Waals surface area (Å²) in [5, 5.41) is 2.19. The third-order valence-corrected chi connectivity index (χ3v) is 8.50. The lowest BCUT2D eigenvalue weighted by Gasteiger charge is -2.32. The maximum absolute atomic E-state index is 13.2. The van der Waals surface area contributed by atoms with Gasteiger partial charge < -0.3 is 0 Å². The Morgan fingerprint density at radius 3 is 2.74 bits per heavy atom. The summed E-state index contributed by atoms with van der Waals surface area (Å²) >= 11 is 1.35. The molecule has 1 fully saturated rings. The highest BCUT2D eigenvalue weighted by molar-refractivity contribution is 7.89. The van der Waals surface area contributed by atoms with Crippen molar-refractivity contribution in [3.05, 3.63) is 57.0 Å². The van der Waals surface area contributed by atoms with Gasteiger partial charge in [0.2, 0.25) is 10.0 Å². The molecule has 3 heterocycles. The minimum Gasteiger partial charge on any atom is -0.267 e. The van der Waals surface area contributed by atoms with Crippen LogP contribution in [0, 0.1) is 13.8 Å². The first-order valence-corrected chi connectivity index (χ1v) is 12.4. The van der Waals surface area contributed by atoms with Crippen LogP contribution in [-0.2, 0) is 10.0 Å². The van der Waals surface area contributed by atoms with Gasteiger partial charge in [-0.1, -0.05) is 12.5 Å². The van der Waals surface area contributed by atoms with Gasteiger partial charge in [0.15, 0.2) is 0 Å². The van der Waals surface area contributed by atoms with E-state index in [0.29, 0.717) is 28.1 Å². The maximum Gasteiger partial charge on any atom is 0.281 e. The zero-order valence-electron chi connectivity index (χ0n) is 17.6. The van der Waals surface area contributed by atoms with Crippen molar-refractivity contribution in [2.45, 2.75) is 51.0 Å². The first-order valence-electron chi connectivity index (χ1n) is 10.1. The molecule has 10 heteroatoms. The fraction of sp³-hybridized carbons (Fsp3) is 0.381. The maximum atomic E-state index is 13.2. The zero-order chi connectivity index (χ0) is 22.3. The smallest absolute Gasteiger partial charge is 0.267 e. The number of fused-ring (bicyclic) bond motifs is 1. The Labute approximate surface area is 184 Å². The van der Waals surface area contributed by atoms with Crippen LogP contribution in [0.2, 0.25) is 0 Å². The van der Waals surface area contributed by atoms with E-state index in [1.807, 2.05) is 6.92 Å². The predicted octanol–water partition coefficient (Wildman–Crippen LogP) is 3.02. The molecule has 3 aromatic rings. The Balaban J connectivity index is 1.69. The monoisotopic (exact) mass is 460 g/mol. The lowest BCUT2D eigenvalue weighted by atomic mass is 10.1. The average Bonchev–Trinajstić information content (AvgIpc) is 3.20. The van der Waals surface area contributed by atoms with Crippen molar-refractivity contribution in [3.8, 4) is 0 Å². The summed E-state index contributed by atoms with van der Waals surface area (Å²) in [4.78, 5) is 30.8. The van der Waals surface area contributed by atoms with Crippen molar-refractivity contribution >= 4 is 37.5 Å². The van der Waals surface area contributed by atoms with E-state index in [2.05, 4.69) is 10.4 Å². The van der Waals surface area contributed by atoms with Gasteiger partial charge in [-0.2, -0.15) is 4.31 Å². The molecule has 0 saturated carbocycles. The van der Waals surface area contributed by atoms with E-state index in [-0.39, 0.29) is 22.1 Å². The van der Waals surface area contributed by atoms with Gasteiger partial charge in [-0.15, -0.1) is 11.3 Å². The molecule has 2 aromatic heterocycles. The number of piperidine rings is 1. The van der Waals surface area contributed by atoms with Crippen molar-refractivity contribution in [2.24, 2.45) is 0 Å². The van der Waals surface area contributed by atoms with Crippen LogP contribution in [0.5, 0.6) is 0 Å². The number of rotatable bonds is 4. The van der Waals surface area contributed by atoms with Crippen LogP contribution in [-0.4, -0.2) is 40.9 Å². The van der Waals surface area contributed by atoms with Gasteiger partial charge in [0.25, 0.3) is 11.5 Å². The van der Waals surface area contributed by atoms with Crippen molar-refractivity contribution < 1.29 is 13.2 Å². The van der Waals surface area contributed by atoms with Crippen molar-refractivity contribution in [3.63, 3.8) is 0 Å². The molecular formula is C21H24N4O4S2. The first kappa shape index (κ1) is 21.7. The molecule has 1 saturated heterocycles. The highest BCUT2D eigenvalue weighted by Crippen LogP contribution is 2.26. The van der Waals surface area contributed by atoms with Gasteiger partial charge in [0.05, 0.1) is 10.3 Å². The molecule has 0 bridgehead atoms. The quantitative estimate of drug-likeness (QED) is 0.645. The Hall–Kier alpha value is -2.56. The summed E-state index contributed by atoms with van der Waals surface area (Å²) in [6.07, 6.45) is 2.65. The highest BCUT2D eigenvalue weighted by Gasteiger charge is 2.31. The lowest BCUT2D eigenvalue weighted by Crippen LogP contribution is -2.42. The van der Waals surface area contributed by atoms with Gasteiger partial charge >= 0.3 is 0 Å². The second-order valence-corrected chi connectivity index (χ2v) is 10.6. The second kappa shape index (κ2) is 8.18. The summed E-state index contributed by atoms with van der Waals surface area (Å²) in [6, 6.07) is 6.11. The average molecular weight is 461 g/mol. The van der Waals surface area contributed by atoms with Gasteiger partial charge in [-0.25, -0.2) is 18.1 Å². The molecule has 0 radical (unpaired) electrons. The Morgan fingerprint density at radius 1 is 1.23 bits per heavy atom. The molecule has 1 atom stereocenters.